The molecule has 0 saturated carbocycles. The van der Waals surface area contributed by atoms with Crippen LogP contribution < -0.4 is 10.2 Å². The summed E-state index contributed by atoms with van der Waals surface area (Å²) in [5.74, 6) is -0.477. The molecule has 0 spiro atoms. The SMILES string of the molecule is CCCNC1CCCN(c2cc(Cl)ccc2F)C1=O. The largest absolute Gasteiger partial charge is 0.308 e. The molecule has 1 saturated heterocycles. The second-order valence-corrected chi connectivity index (χ2v) is 5.17. The number of anilines is 1. The van der Waals surface area contributed by atoms with Gasteiger partial charge in [-0.25, -0.2) is 4.39 Å². The van der Waals surface area contributed by atoms with E-state index >= 15 is 0 Å². The van der Waals surface area contributed by atoms with Crippen LogP contribution in [0.3, 0.4) is 0 Å². The number of rotatable bonds is 4. The third kappa shape index (κ3) is 3.25. The van der Waals surface area contributed by atoms with E-state index in [-0.39, 0.29) is 17.6 Å². The number of halogens is 2. The molecule has 0 radical (unpaired) electrons. The van der Waals surface area contributed by atoms with Gasteiger partial charge in [-0.1, -0.05) is 18.5 Å². The van der Waals surface area contributed by atoms with Crippen LogP contribution in [0.5, 0.6) is 0 Å². The number of benzene rings is 1. The van der Waals surface area contributed by atoms with Crippen LogP contribution in [0.1, 0.15) is 26.2 Å². The van der Waals surface area contributed by atoms with Crippen molar-refractivity contribution in [3.8, 4) is 0 Å². The molecule has 1 aliphatic heterocycles. The molecular formula is C14H18ClFN2O. The average Bonchev–Trinajstić information content (AvgIpc) is 2.41. The second kappa shape index (κ2) is 6.35. The summed E-state index contributed by atoms with van der Waals surface area (Å²) in [7, 11) is 0. The number of hydrogen-bond donors (Lipinski definition) is 1. The first-order valence-corrected chi connectivity index (χ1v) is 7.01. The zero-order valence-corrected chi connectivity index (χ0v) is 11.7. The first-order valence-electron chi connectivity index (χ1n) is 6.63. The Morgan fingerprint density at radius 2 is 2.32 bits per heavy atom. The molecular weight excluding hydrogens is 267 g/mol. The van der Waals surface area contributed by atoms with Crippen molar-refractivity contribution < 1.29 is 9.18 Å². The first kappa shape index (κ1) is 14.3. The fourth-order valence-corrected chi connectivity index (χ4v) is 2.48. The molecule has 1 aliphatic rings. The monoisotopic (exact) mass is 284 g/mol. The lowest BCUT2D eigenvalue weighted by molar-refractivity contribution is -0.121. The molecule has 1 unspecified atom stereocenters. The summed E-state index contributed by atoms with van der Waals surface area (Å²) >= 11 is 5.88. The summed E-state index contributed by atoms with van der Waals surface area (Å²) in [4.78, 5) is 13.8. The lowest BCUT2D eigenvalue weighted by Gasteiger charge is -2.33. The van der Waals surface area contributed by atoms with Gasteiger partial charge in [0.2, 0.25) is 5.91 Å². The van der Waals surface area contributed by atoms with E-state index in [1.54, 1.807) is 0 Å². The molecule has 1 fully saturated rings. The number of piperidine rings is 1. The van der Waals surface area contributed by atoms with Crippen molar-refractivity contribution >= 4 is 23.2 Å². The maximum Gasteiger partial charge on any atom is 0.244 e. The van der Waals surface area contributed by atoms with E-state index < -0.39 is 5.82 Å². The molecule has 2 rings (SSSR count). The Kier molecular flexibility index (Phi) is 4.77. The molecule has 1 amide bonds. The highest BCUT2D eigenvalue weighted by Crippen LogP contribution is 2.27. The van der Waals surface area contributed by atoms with Gasteiger partial charge >= 0.3 is 0 Å². The summed E-state index contributed by atoms with van der Waals surface area (Å²) in [6.45, 7) is 3.39. The summed E-state index contributed by atoms with van der Waals surface area (Å²) in [5, 5.41) is 3.65. The van der Waals surface area contributed by atoms with Gasteiger partial charge in [-0.15, -0.1) is 0 Å². The maximum absolute atomic E-state index is 13.8. The highest BCUT2D eigenvalue weighted by molar-refractivity contribution is 6.31. The van der Waals surface area contributed by atoms with Crippen molar-refractivity contribution in [2.75, 3.05) is 18.0 Å². The highest BCUT2D eigenvalue weighted by Gasteiger charge is 2.30. The van der Waals surface area contributed by atoms with Gasteiger partial charge < -0.3 is 10.2 Å². The van der Waals surface area contributed by atoms with Crippen LogP contribution in [-0.2, 0) is 4.79 Å². The molecule has 19 heavy (non-hydrogen) atoms. The minimum Gasteiger partial charge on any atom is -0.308 e. The molecule has 5 heteroatoms. The molecule has 1 N–H and O–H groups in total. The Labute approximate surface area is 117 Å². The predicted molar refractivity (Wildman–Crippen MR) is 75.1 cm³/mol. The molecule has 3 nitrogen and oxygen atoms in total. The molecule has 104 valence electrons. The summed E-state index contributed by atoms with van der Waals surface area (Å²) < 4.78 is 13.8. The van der Waals surface area contributed by atoms with Crippen LogP contribution in [0.15, 0.2) is 18.2 Å². The van der Waals surface area contributed by atoms with Gasteiger partial charge in [-0.05, 0) is 44.0 Å². The number of carbonyl (C=O) groups excluding carboxylic acids is 1. The van der Waals surface area contributed by atoms with Crippen LogP contribution in [0.25, 0.3) is 0 Å². The van der Waals surface area contributed by atoms with Crippen molar-refractivity contribution in [2.24, 2.45) is 0 Å². The first-order chi connectivity index (χ1) is 9.13. The van der Waals surface area contributed by atoms with E-state index in [0.29, 0.717) is 11.6 Å². The van der Waals surface area contributed by atoms with Crippen molar-refractivity contribution in [2.45, 2.75) is 32.2 Å². The van der Waals surface area contributed by atoms with Crippen LogP contribution in [0.4, 0.5) is 10.1 Å². The zero-order chi connectivity index (χ0) is 13.8. The van der Waals surface area contributed by atoms with Crippen LogP contribution in [0.2, 0.25) is 5.02 Å². The molecule has 0 bridgehead atoms. The Morgan fingerprint density at radius 1 is 1.53 bits per heavy atom. The van der Waals surface area contributed by atoms with E-state index in [2.05, 4.69) is 12.2 Å². The summed E-state index contributed by atoms with van der Waals surface area (Å²) in [5.41, 5.74) is 0.278. The Bertz CT molecular complexity index is 467. The van der Waals surface area contributed by atoms with E-state index in [1.807, 2.05) is 0 Å². The van der Waals surface area contributed by atoms with Gasteiger partial charge in [0, 0.05) is 11.6 Å². The number of nitrogens with zero attached hydrogens (tertiary/aromatic N) is 1. The minimum atomic E-state index is -0.408. The lowest BCUT2D eigenvalue weighted by Crippen LogP contribution is -2.51. The van der Waals surface area contributed by atoms with E-state index in [9.17, 15) is 9.18 Å². The fourth-order valence-electron chi connectivity index (χ4n) is 2.32. The molecule has 1 atom stereocenters. The second-order valence-electron chi connectivity index (χ2n) is 4.73. The Hall–Kier alpha value is -1.13. The van der Waals surface area contributed by atoms with Crippen molar-refractivity contribution in [3.05, 3.63) is 29.0 Å². The van der Waals surface area contributed by atoms with Gasteiger partial charge in [0.15, 0.2) is 0 Å². The van der Waals surface area contributed by atoms with Crippen molar-refractivity contribution in [1.82, 2.24) is 5.32 Å². The smallest absolute Gasteiger partial charge is 0.244 e. The Morgan fingerprint density at radius 3 is 3.05 bits per heavy atom. The van der Waals surface area contributed by atoms with Gasteiger partial charge in [0.05, 0.1) is 11.7 Å². The molecule has 1 aromatic rings. The highest BCUT2D eigenvalue weighted by atomic mass is 35.5. The van der Waals surface area contributed by atoms with Gasteiger partial charge in [-0.3, -0.25) is 4.79 Å². The Balaban J connectivity index is 2.19. The number of amides is 1. The lowest BCUT2D eigenvalue weighted by atomic mass is 10.0. The zero-order valence-electron chi connectivity index (χ0n) is 11.0. The van der Waals surface area contributed by atoms with Gasteiger partial charge in [-0.2, -0.15) is 0 Å². The van der Waals surface area contributed by atoms with E-state index in [4.69, 9.17) is 11.6 Å². The quantitative estimate of drug-likeness (QED) is 0.922. The standard InChI is InChI=1S/C14H18ClFN2O/c1-2-7-17-12-4-3-8-18(14(12)19)13-9-10(15)5-6-11(13)16/h5-6,9,12,17H,2-4,7-8H2,1H3. The molecule has 0 aromatic heterocycles. The van der Waals surface area contributed by atoms with Crippen LogP contribution in [-0.4, -0.2) is 25.0 Å². The fraction of sp³-hybridized carbons (Fsp3) is 0.500. The van der Waals surface area contributed by atoms with Gasteiger partial charge in [0.1, 0.15) is 5.82 Å². The van der Waals surface area contributed by atoms with Crippen LogP contribution in [0, 0.1) is 5.82 Å². The van der Waals surface area contributed by atoms with Crippen molar-refractivity contribution in [1.29, 1.82) is 0 Å². The topological polar surface area (TPSA) is 32.3 Å². The van der Waals surface area contributed by atoms with E-state index in [1.165, 1.54) is 23.1 Å². The number of hydrogen-bond acceptors (Lipinski definition) is 2. The van der Waals surface area contributed by atoms with Crippen LogP contribution >= 0.6 is 11.6 Å². The maximum atomic E-state index is 13.8. The predicted octanol–water partition coefficient (Wildman–Crippen LogP) is 2.97. The number of carbonyl (C=O) groups is 1. The third-order valence-corrected chi connectivity index (χ3v) is 3.51. The average molecular weight is 285 g/mol. The minimum absolute atomic E-state index is 0.0686. The van der Waals surface area contributed by atoms with E-state index in [0.717, 1.165) is 25.8 Å². The molecule has 1 heterocycles. The van der Waals surface area contributed by atoms with Gasteiger partial charge in [0.25, 0.3) is 0 Å². The summed E-state index contributed by atoms with van der Waals surface area (Å²) in [6.07, 6.45) is 2.63. The third-order valence-electron chi connectivity index (χ3n) is 3.28. The van der Waals surface area contributed by atoms with Crippen molar-refractivity contribution in [3.63, 3.8) is 0 Å². The number of nitrogens with one attached hydrogen (secondary N) is 1. The normalized spacial score (nSPS) is 19.8. The molecule has 1 aromatic carbocycles. The molecule has 0 aliphatic carbocycles. The summed E-state index contributed by atoms with van der Waals surface area (Å²) in [6, 6.07) is 4.08.